The van der Waals surface area contributed by atoms with E-state index < -0.39 is 41.6 Å². The Hall–Kier alpha value is -5.34. The first kappa shape index (κ1) is 33.2. The summed E-state index contributed by atoms with van der Waals surface area (Å²) in [6.07, 6.45) is 0.621. The molecule has 1 amide bonds. The summed E-state index contributed by atoms with van der Waals surface area (Å²) in [5, 5.41) is 35.0. The van der Waals surface area contributed by atoms with E-state index in [1.54, 1.807) is 13.8 Å². The standard InChI is InChI=1S/C36H35F3N8O3/c1-22(23(2)48)34(49)41-27-7-11-29(12-8-27)46-17-15-45(16-18-46)28-9-3-24(4-10-28)25-5-14-32(40-20-25)36(38,39)35(50)21-47-33(42-43-44-47)30-19-26(37)6-13-31(30)35/h3-14,19-20,22-23,48,50H,15-18,21H2,1-2H3,(H,41,49)/t22?,23?,35-/m0/s1. The van der Waals surface area contributed by atoms with Crippen molar-refractivity contribution in [2.45, 2.75) is 38.0 Å². The molecular weight excluding hydrogens is 649 g/mol. The number of nitrogens with one attached hydrogen (secondary N) is 1. The molecule has 258 valence electrons. The molecule has 0 bridgehead atoms. The number of rotatable bonds is 8. The van der Waals surface area contributed by atoms with Crippen LogP contribution in [0.5, 0.6) is 0 Å². The Balaban J connectivity index is 0.995. The summed E-state index contributed by atoms with van der Waals surface area (Å²) < 4.78 is 47.4. The van der Waals surface area contributed by atoms with Crippen LogP contribution in [0.15, 0.2) is 85.1 Å². The number of amides is 1. The Bertz CT molecular complexity index is 2000. The molecule has 14 heteroatoms. The van der Waals surface area contributed by atoms with Crippen LogP contribution in [-0.2, 0) is 22.9 Å². The predicted molar refractivity (Wildman–Crippen MR) is 181 cm³/mol. The number of aliphatic hydroxyl groups excluding tert-OH is 1. The SMILES string of the molecule is CC(O)C(C)C(=O)Nc1ccc(N2CCN(c3ccc(-c4ccc(C(F)(F)[C@]5(O)Cn6nnnc6-c6cc(F)ccc65)nc4)cc3)CC2)cc1. The third-order valence-electron chi connectivity index (χ3n) is 9.67. The summed E-state index contributed by atoms with van der Waals surface area (Å²) in [6.45, 7) is 5.81. The molecule has 2 aliphatic rings. The second-order valence-electron chi connectivity index (χ2n) is 12.8. The van der Waals surface area contributed by atoms with Crippen molar-refractivity contribution in [2.24, 2.45) is 5.92 Å². The molecule has 1 fully saturated rings. The highest BCUT2D eigenvalue weighted by Gasteiger charge is 2.59. The van der Waals surface area contributed by atoms with Crippen LogP contribution in [-0.4, -0.2) is 73.6 Å². The van der Waals surface area contributed by atoms with Gasteiger partial charge in [0.1, 0.15) is 11.5 Å². The van der Waals surface area contributed by atoms with Crippen molar-refractivity contribution < 1.29 is 28.2 Å². The average molecular weight is 685 g/mol. The van der Waals surface area contributed by atoms with Gasteiger partial charge in [-0.25, -0.2) is 9.07 Å². The number of benzene rings is 3. The Labute approximate surface area is 286 Å². The molecule has 2 aromatic heterocycles. The first-order valence-electron chi connectivity index (χ1n) is 16.3. The van der Waals surface area contributed by atoms with Gasteiger partial charge in [-0.15, -0.1) is 5.10 Å². The Kier molecular flexibility index (Phi) is 8.52. The molecule has 50 heavy (non-hydrogen) atoms. The zero-order valence-corrected chi connectivity index (χ0v) is 27.3. The number of pyridine rings is 1. The van der Waals surface area contributed by atoms with Gasteiger partial charge in [-0.2, -0.15) is 8.78 Å². The van der Waals surface area contributed by atoms with E-state index in [9.17, 15) is 19.4 Å². The van der Waals surface area contributed by atoms with Crippen LogP contribution in [0.3, 0.4) is 0 Å². The van der Waals surface area contributed by atoms with Crippen LogP contribution < -0.4 is 15.1 Å². The molecule has 4 heterocycles. The minimum absolute atomic E-state index is 0.0119. The van der Waals surface area contributed by atoms with Crippen molar-refractivity contribution in [2.75, 3.05) is 41.3 Å². The number of aromatic nitrogens is 5. The van der Waals surface area contributed by atoms with Crippen molar-refractivity contribution in [3.05, 3.63) is 102 Å². The molecular formula is C36H35F3N8O3. The fourth-order valence-corrected chi connectivity index (χ4v) is 6.42. The first-order valence-corrected chi connectivity index (χ1v) is 16.3. The summed E-state index contributed by atoms with van der Waals surface area (Å²) in [6, 6.07) is 21.4. The predicted octanol–water partition coefficient (Wildman–Crippen LogP) is 4.82. The second-order valence-corrected chi connectivity index (χ2v) is 12.8. The molecule has 3 N–H and O–H groups in total. The minimum atomic E-state index is -3.87. The molecule has 3 atom stereocenters. The molecule has 1 saturated heterocycles. The van der Waals surface area contributed by atoms with Crippen molar-refractivity contribution in [1.82, 2.24) is 25.2 Å². The van der Waals surface area contributed by atoms with Crippen LogP contribution >= 0.6 is 0 Å². The molecule has 3 aromatic carbocycles. The highest BCUT2D eigenvalue weighted by Crippen LogP contribution is 2.50. The van der Waals surface area contributed by atoms with Crippen molar-refractivity contribution in [1.29, 1.82) is 0 Å². The van der Waals surface area contributed by atoms with Gasteiger partial charge in [-0.3, -0.25) is 9.78 Å². The maximum atomic E-state index is 16.1. The zero-order chi connectivity index (χ0) is 35.2. The maximum absolute atomic E-state index is 16.1. The fourth-order valence-electron chi connectivity index (χ4n) is 6.42. The van der Waals surface area contributed by atoms with Gasteiger partial charge in [0, 0.05) is 66.1 Å². The fraction of sp³-hybridized carbons (Fsp3) is 0.306. The molecule has 5 aromatic rings. The van der Waals surface area contributed by atoms with Gasteiger partial charge in [0.05, 0.1) is 18.6 Å². The molecule has 0 saturated carbocycles. The third-order valence-corrected chi connectivity index (χ3v) is 9.67. The van der Waals surface area contributed by atoms with Crippen molar-refractivity contribution >= 4 is 23.0 Å². The van der Waals surface area contributed by atoms with Gasteiger partial charge in [-0.1, -0.05) is 31.2 Å². The van der Waals surface area contributed by atoms with Gasteiger partial charge >= 0.3 is 5.92 Å². The molecule has 11 nitrogen and oxygen atoms in total. The normalized spacial score (nSPS) is 18.6. The van der Waals surface area contributed by atoms with Crippen LogP contribution in [0.1, 0.15) is 25.1 Å². The number of piperazine rings is 1. The highest BCUT2D eigenvalue weighted by atomic mass is 19.3. The number of nitrogens with zero attached hydrogens (tertiary/aromatic N) is 7. The number of halogens is 3. The van der Waals surface area contributed by atoms with E-state index in [2.05, 4.69) is 35.6 Å². The Morgan fingerprint density at radius 2 is 1.52 bits per heavy atom. The van der Waals surface area contributed by atoms with E-state index in [-0.39, 0.29) is 22.9 Å². The van der Waals surface area contributed by atoms with Crippen LogP contribution in [0, 0.1) is 11.7 Å². The lowest BCUT2D eigenvalue weighted by Gasteiger charge is -2.39. The number of fused-ring (bicyclic) bond motifs is 3. The number of alkyl halides is 2. The average Bonchev–Trinajstić information content (AvgIpc) is 3.60. The van der Waals surface area contributed by atoms with Crippen LogP contribution in [0.4, 0.5) is 30.2 Å². The van der Waals surface area contributed by atoms with E-state index in [0.717, 1.165) is 66.0 Å². The maximum Gasteiger partial charge on any atom is 0.323 e. The van der Waals surface area contributed by atoms with Gasteiger partial charge < -0.3 is 25.3 Å². The minimum Gasteiger partial charge on any atom is -0.393 e. The van der Waals surface area contributed by atoms with E-state index in [4.69, 9.17) is 0 Å². The van der Waals surface area contributed by atoms with Gasteiger partial charge in [-0.05, 0) is 77.5 Å². The van der Waals surface area contributed by atoms with Gasteiger partial charge in [0.25, 0.3) is 0 Å². The summed E-state index contributed by atoms with van der Waals surface area (Å²) in [5.41, 5.74) is 0.565. The van der Waals surface area contributed by atoms with Crippen LogP contribution in [0.25, 0.3) is 22.5 Å². The molecule has 0 radical (unpaired) electrons. The molecule has 2 unspecified atom stereocenters. The number of carbonyl (C=O) groups is 1. The topological polar surface area (TPSA) is 133 Å². The van der Waals surface area contributed by atoms with Crippen molar-refractivity contribution in [3.63, 3.8) is 0 Å². The molecule has 2 aliphatic heterocycles. The number of tetrazole rings is 1. The lowest BCUT2D eigenvalue weighted by molar-refractivity contribution is -0.207. The summed E-state index contributed by atoms with van der Waals surface area (Å²) >= 11 is 0. The smallest absolute Gasteiger partial charge is 0.323 e. The number of aliphatic hydroxyl groups is 2. The Morgan fingerprint density at radius 1 is 0.900 bits per heavy atom. The van der Waals surface area contributed by atoms with Crippen LogP contribution in [0.2, 0.25) is 0 Å². The monoisotopic (exact) mass is 684 g/mol. The first-order chi connectivity index (χ1) is 23.9. The second kappa shape index (κ2) is 12.8. The largest absolute Gasteiger partial charge is 0.393 e. The number of hydrogen-bond acceptors (Lipinski definition) is 9. The summed E-state index contributed by atoms with van der Waals surface area (Å²) in [4.78, 5) is 20.9. The number of anilines is 3. The lowest BCUT2D eigenvalue weighted by atomic mass is 9.80. The number of carbonyl (C=O) groups excluding carboxylic acids is 1. The molecule has 0 spiro atoms. The highest BCUT2D eigenvalue weighted by molar-refractivity contribution is 5.92. The molecule has 7 rings (SSSR count). The zero-order valence-electron chi connectivity index (χ0n) is 27.3. The van der Waals surface area contributed by atoms with Gasteiger partial charge in [0.2, 0.25) is 5.91 Å². The summed E-state index contributed by atoms with van der Waals surface area (Å²) in [7, 11) is 0. The van der Waals surface area contributed by atoms with Gasteiger partial charge in [0.15, 0.2) is 11.4 Å². The van der Waals surface area contributed by atoms with E-state index in [1.807, 2.05) is 48.5 Å². The van der Waals surface area contributed by atoms with E-state index in [0.29, 0.717) is 11.3 Å². The quantitative estimate of drug-likeness (QED) is 0.211. The molecule has 0 aliphatic carbocycles. The van der Waals surface area contributed by atoms with E-state index >= 15 is 8.78 Å². The van der Waals surface area contributed by atoms with Crippen molar-refractivity contribution in [3.8, 4) is 22.5 Å². The van der Waals surface area contributed by atoms with E-state index in [1.165, 1.54) is 18.3 Å². The summed E-state index contributed by atoms with van der Waals surface area (Å²) in [5.74, 6) is -5.19. The Morgan fingerprint density at radius 3 is 2.12 bits per heavy atom. The third kappa shape index (κ3) is 5.94. The lowest BCUT2D eigenvalue weighted by Crippen LogP contribution is -2.49. The number of hydrogen-bond donors (Lipinski definition) is 3.